The minimum atomic E-state index is -0.645. The molecule has 11 nitrogen and oxygen atoms in total. The number of halogens is 1. The Kier molecular flexibility index (Phi) is 7.63. The van der Waals surface area contributed by atoms with Gasteiger partial charge in [0.15, 0.2) is 5.76 Å². The van der Waals surface area contributed by atoms with Crippen LogP contribution < -0.4 is 16.3 Å². The van der Waals surface area contributed by atoms with Crippen molar-refractivity contribution in [3.05, 3.63) is 97.4 Å². The molecule has 0 radical (unpaired) electrons. The summed E-state index contributed by atoms with van der Waals surface area (Å²) in [6, 6.07) is 12.1. The van der Waals surface area contributed by atoms with Crippen LogP contribution in [0, 0.1) is 17.0 Å². The molecule has 4 rings (SSSR count). The van der Waals surface area contributed by atoms with E-state index in [-0.39, 0.29) is 28.5 Å². The van der Waals surface area contributed by atoms with Crippen LogP contribution in [-0.4, -0.2) is 28.4 Å². The van der Waals surface area contributed by atoms with Crippen LogP contribution in [0.25, 0.3) is 0 Å². The number of hydrogen-bond acceptors (Lipinski definition) is 7. The molecule has 1 heterocycles. The van der Waals surface area contributed by atoms with Crippen LogP contribution in [0.15, 0.2) is 58.0 Å². The van der Waals surface area contributed by atoms with Crippen LogP contribution in [0.4, 0.5) is 5.69 Å². The second-order valence-corrected chi connectivity index (χ2v) is 8.70. The molecule has 1 aliphatic rings. The second kappa shape index (κ2) is 11.0. The SMILES string of the molecule is Cc1c(C(=O)NNC(=O)c2ccccc2Cl)oc2c1/C(=N/NC(=O)Cc1ccc([N+](=O)[O-])cc1)CCC2. The van der Waals surface area contributed by atoms with Crippen molar-refractivity contribution in [1.29, 1.82) is 0 Å². The Morgan fingerprint density at radius 1 is 1.05 bits per heavy atom. The molecule has 0 spiro atoms. The lowest BCUT2D eigenvalue weighted by Crippen LogP contribution is -2.41. The summed E-state index contributed by atoms with van der Waals surface area (Å²) in [7, 11) is 0. The molecule has 1 aliphatic carbocycles. The van der Waals surface area contributed by atoms with Gasteiger partial charge in [-0.15, -0.1) is 0 Å². The average molecular weight is 524 g/mol. The summed E-state index contributed by atoms with van der Waals surface area (Å²) in [5.41, 5.74) is 9.66. The smallest absolute Gasteiger partial charge is 0.305 e. The van der Waals surface area contributed by atoms with E-state index in [9.17, 15) is 24.5 Å². The van der Waals surface area contributed by atoms with Crippen molar-refractivity contribution in [3.63, 3.8) is 0 Å². The van der Waals surface area contributed by atoms with Crippen LogP contribution in [0.5, 0.6) is 0 Å². The van der Waals surface area contributed by atoms with Gasteiger partial charge in [0, 0.05) is 29.7 Å². The van der Waals surface area contributed by atoms with Crippen molar-refractivity contribution in [3.8, 4) is 0 Å². The minimum Gasteiger partial charge on any atom is -0.455 e. The van der Waals surface area contributed by atoms with Crippen molar-refractivity contribution < 1.29 is 23.7 Å². The van der Waals surface area contributed by atoms with Crippen LogP contribution in [0.1, 0.15) is 56.2 Å². The summed E-state index contributed by atoms with van der Waals surface area (Å²) >= 11 is 6.02. The van der Waals surface area contributed by atoms with Gasteiger partial charge in [0.1, 0.15) is 5.76 Å². The molecule has 3 N–H and O–H groups in total. The molecule has 0 saturated carbocycles. The van der Waals surface area contributed by atoms with Crippen LogP contribution >= 0.6 is 11.6 Å². The number of carbonyl (C=O) groups is 3. The molecule has 0 unspecified atom stereocenters. The van der Waals surface area contributed by atoms with E-state index < -0.39 is 22.6 Å². The minimum absolute atomic E-state index is 0.00914. The highest BCUT2D eigenvalue weighted by Crippen LogP contribution is 2.29. The number of nitro groups is 1. The van der Waals surface area contributed by atoms with Gasteiger partial charge in [-0.2, -0.15) is 5.10 Å². The fraction of sp³-hybridized carbons (Fsp3) is 0.200. The highest BCUT2D eigenvalue weighted by molar-refractivity contribution is 6.33. The number of nitrogens with zero attached hydrogens (tertiary/aromatic N) is 2. The van der Waals surface area contributed by atoms with Crippen LogP contribution in [-0.2, 0) is 17.6 Å². The maximum Gasteiger partial charge on any atom is 0.305 e. The molecule has 1 aromatic heterocycles. The normalized spacial score (nSPS) is 13.5. The molecule has 0 atom stereocenters. The monoisotopic (exact) mass is 523 g/mol. The Balaban J connectivity index is 1.42. The Bertz CT molecular complexity index is 1410. The number of non-ortho nitro benzene ring substituents is 1. The van der Waals surface area contributed by atoms with Gasteiger partial charge in [-0.1, -0.05) is 35.9 Å². The largest absolute Gasteiger partial charge is 0.455 e. The highest BCUT2D eigenvalue weighted by Gasteiger charge is 2.28. The molecule has 0 aliphatic heterocycles. The first kappa shape index (κ1) is 25.6. The topological polar surface area (TPSA) is 156 Å². The molecule has 12 heteroatoms. The molecule has 0 bridgehead atoms. The average Bonchev–Trinajstić information content (AvgIpc) is 3.23. The number of amides is 3. The molecule has 2 aromatic carbocycles. The number of nitro benzene ring substituents is 1. The molecule has 0 saturated heterocycles. The second-order valence-electron chi connectivity index (χ2n) is 8.29. The zero-order chi connectivity index (χ0) is 26.5. The van der Waals surface area contributed by atoms with Gasteiger partial charge < -0.3 is 4.42 Å². The summed E-state index contributed by atoms with van der Waals surface area (Å²) in [4.78, 5) is 47.7. The number of rotatable bonds is 6. The molecular weight excluding hydrogens is 502 g/mol. The van der Waals surface area contributed by atoms with E-state index in [4.69, 9.17) is 16.0 Å². The van der Waals surface area contributed by atoms with Gasteiger partial charge in [0.2, 0.25) is 5.91 Å². The quantitative estimate of drug-likeness (QED) is 0.331. The first-order chi connectivity index (χ1) is 17.7. The lowest BCUT2D eigenvalue weighted by Gasteiger charge is -2.13. The summed E-state index contributed by atoms with van der Waals surface area (Å²) in [5.74, 6) is -1.03. The number of fused-ring (bicyclic) bond motifs is 1. The number of hydrazine groups is 1. The fourth-order valence-corrected chi connectivity index (χ4v) is 4.19. The number of hydrogen-bond donors (Lipinski definition) is 3. The number of aryl methyl sites for hydroxylation is 1. The number of hydrazone groups is 1. The highest BCUT2D eigenvalue weighted by atomic mass is 35.5. The molecule has 0 fully saturated rings. The summed E-state index contributed by atoms with van der Waals surface area (Å²) in [6.07, 6.45) is 1.85. The lowest BCUT2D eigenvalue weighted by molar-refractivity contribution is -0.384. The maximum atomic E-state index is 12.7. The summed E-state index contributed by atoms with van der Waals surface area (Å²) in [6.45, 7) is 1.70. The van der Waals surface area contributed by atoms with Crippen molar-refractivity contribution in [2.75, 3.05) is 0 Å². The fourth-order valence-electron chi connectivity index (χ4n) is 3.97. The van der Waals surface area contributed by atoms with Gasteiger partial charge in [-0.25, -0.2) is 5.43 Å². The van der Waals surface area contributed by atoms with Crippen molar-refractivity contribution in [2.24, 2.45) is 5.10 Å². The molecule has 3 amide bonds. The number of carbonyl (C=O) groups excluding carboxylic acids is 3. The Morgan fingerprint density at radius 2 is 1.76 bits per heavy atom. The zero-order valence-electron chi connectivity index (χ0n) is 19.7. The predicted octanol–water partition coefficient (Wildman–Crippen LogP) is 3.62. The predicted molar refractivity (Wildman–Crippen MR) is 134 cm³/mol. The first-order valence-corrected chi connectivity index (χ1v) is 11.7. The molecular formula is C25H22ClN5O6. The van der Waals surface area contributed by atoms with Gasteiger partial charge in [-0.05, 0) is 37.5 Å². The molecule has 37 heavy (non-hydrogen) atoms. The third-order valence-corrected chi connectivity index (χ3v) is 6.10. The number of nitrogens with one attached hydrogen (secondary N) is 3. The zero-order valence-corrected chi connectivity index (χ0v) is 20.4. The van der Waals surface area contributed by atoms with E-state index in [0.717, 1.165) is 0 Å². The third-order valence-electron chi connectivity index (χ3n) is 5.77. The van der Waals surface area contributed by atoms with E-state index in [2.05, 4.69) is 21.4 Å². The van der Waals surface area contributed by atoms with Gasteiger partial charge in [0.05, 0.1) is 27.6 Å². The van der Waals surface area contributed by atoms with E-state index >= 15 is 0 Å². The van der Waals surface area contributed by atoms with Crippen LogP contribution in [0.3, 0.4) is 0 Å². The number of furan rings is 1. The molecule has 190 valence electrons. The van der Waals surface area contributed by atoms with Gasteiger partial charge >= 0.3 is 5.91 Å². The van der Waals surface area contributed by atoms with Gasteiger partial charge in [0.25, 0.3) is 11.6 Å². The number of benzene rings is 2. The Morgan fingerprint density at radius 3 is 2.46 bits per heavy atom. The summed E-state index contributed by atoms with van der Waals surface area (Å²) in [5, 5.41) is 15.3. The lowest BCUT2D eigenvalue weighted by atomic mass is 9.93. The van der Waals surface area contributed by atoms with E-state index in [1.54, 1.807) is 25.1 Å². The summed E-state index contributed by atoms with van der Waals surface area (Å²) < 4.78 is 5.79. The van der Waals surface area contributed by atoms with E-state index in [0.29, 0.717) is 47.4 Å². The van der Waals surface area contributed by atoms with Gasteiger partial charge in [-0.3, -0.25) is 35.3 Å². The third kappa shape index (κ3) is 5.84. The standard InChI is InChI=1S/C25H22ClN5O6/c1-14-22-19(27-28-21(32)13-15-9-11-16(12-10-15)31(35)36)7-4-8-20(22)37-23(14)25(34)30-29-24(33)17-5-2-3-6-18(17)26/h2-3,5-6,9-12H,4,7-8,13H2,1H3,(H,28,32)(H,29,33)(H,30,34)/b27-19+. The van der Waals surface area contributed by atoms with E-state index in [1.165, 1.54) is 30.3 Å². The van der Waals surface area contributed by atoms with E-state index in [1.807, 2.05) is 0 Å². The van der Waals surface area contributed by atoms with Crippen LogP contribution in [0.2, 0.25) is 5.02 Å². The first-order valence-electron chi connectivity index (χ1n) is 11.3. The van der Waals surface area contributed by atoms with Crippen molar-refractivity contribution in [1.82, 2.24) is 16.3 Å². The Labute approximate surface area is 216 Å². The van der Waals surface area contributed by atoms with Crippen molar-refractivity contribution in [2.45, 2.75) is 32.6 Å². The maximum absolute atomic E-state index is 12.7. The Hall–Kier alpha value is -4.51. The van der Waals surface area contributed by atoms with Crippen molar-refractivity contribution >= 4 is 40.7 Å². The molecule has 3 aromatic rings.